The van der Waals surface area contributed by atoms with Gasteiger partial charge >= 0.3 is 0 Å². The molecule has 1 heterocycles. The van der Waals surface area contributed by atoms with Crippen molar-refractivity contribution in [2.45, 2.75) is 32.1 Å². The van der Waals surface area contributed by atoms with Crippen LogP contribution in [0.15, 0.2) is 30.3 Å². The predicted molar refractivity (Wildman–Crippen MR) is 104 cm³/mol. The van der Waals surface area contributed by atoms with Gasteiger partial charge in [0.1, 0.15) is 0 Å². The number of amides is 1. The summed E-state index contributed by atoms with van der Waals surface area (Å²) < 4.78 is 0. The first-order valence-electron chi connectivity index (χ1n) is 8.51. The molecule has 1 fully saturated rings. The summed E-state index contributed by atoms with van der Waals surface area (Å²) in [6.07, 6.45) is 9.68. The van der Waals surface area contributed by atoms with Gasteiger partial charge in [0.2, 0.25) is 16.2 Å². The van der Waals surface area contributed by atoms with Crippen molar-refractivity contribution in [2.24, 2.45) is 5.92 Å². The van der Waals surface area contributed by atoms with E-state index in [-0.39, 0.29) is 5.91 Å². The number of nitrogens with zero attached hydrogens (tertiary/aromatic N) is 2. The predicted octanol–water partition coefficient (Wildman–Crippen LogP) is 4.84. The molecule has 25 heavy (non-hydrogen) atoms. The first-order valence-corrected chi connectivity index (χ1v) is 9.71. The van der Waals surface area contributed by atoms with E-state index in [0.29, 0.717) is 16.1 Å². The third kappa shape index (κ3) is 5.54. The first kappa shape index (κ1) is 17.9. The van der Waals surface area contributed by atoms with Crippen LogP contribution in [-0.4, -0.2) is 22.6 Å². The topological polar surface area (TPSA) is 66.9 Å². The fraction of sp³-hybridized carbons (Fsp3) is 0.389. The Balaban J connectivity index is 1.49. The number of nitrogens with one attached hydrogen (secondary N) is 2. The van der Waals surface area contributed by atoms with E-state index in [1.807, 2.05) is 18.2 Å². The van der Waals surface area contributed by atoms with Crippen molar-refractivity contribution in [1.29, 1.82) is 0 Å². The van der Waals surface area contributed by atoms with Crippen LogP contribution >= 0.6 is 22.9 Å². The van der Waals surface area contributed by atoms with E-state index >= 15 is 0 Å². The zero-order valence-electron chi connectivity index (χ0n) is 13.9. The molecule has 0 spiro atoms. The smallest absolute Gasteiger partial charge is 0.250 e. The molecule has 1 saturated carbocycles. The number of anilines is 2. The molecular formula is C18H21ClN4OS. The molecule has 0 bridgehead atoms. The maximum atomic E-state index is 12.0. The first-order chi connectivity index (χ1) is 12.2. The lowest BCUT2D eigenvalue weighted by molar-refractivity contribution is -0.111. The summed E-state index contributed by atoms with van der Waals surface area (Å²) in [5.41, 5.74) is 0.798. The van der Waals surface area contributed by atoms with Crippen molar-refractivity contribution in [2.75, 3.05) is 17.2 Å². The Hall–Kier alpha value is -1.92. The lowest BCUT2D eigenvalue weighted by Gasteiger charge is -2.21. The van der Waals surface area contributed by atoms with Gasteiger partial charge in [-0.3, -0.25) is 10.1 Å². The molecule has 3 rings (SSSR count). The van der Waals surface area contributed by atoms with Crippen LogP contribution in [0, 0.1) is 5.92 Å². The van der Waals surface area contributed by atoms with Crippen molar-refractivity contribution >= 4 is 45.2 Å². The fourth-order valence-electron chi connectivity index (χ4n) is 2.89. The number of hydrogen-bond acceptors (Lipinski definition) is 5. The minimum atomic E-state index is -0.255. The minimum Gasteiger partial charge on any atom is -0.360 e. The molecule has 0 radical (unpaired) electrons. The minimum absolute atomic E-state index is 0.255. The molecule has 1 amide bonds. The number of rotatable bonds is 6. The van der Waals surface area contributed by atoms with Gasteiger partial charge in [0.15, 0.2) is 0 Å². The molecule has 7 heteroatoms. The monoisotopic (exact) mass is 376 g/mol. The molecule has 1 aliphatic carbocycles. The van der Waals surface area contributed by atoms with Gasteiger partial charge in [-0.2, -0.15) is 0 Å². The Morgan fingerprint density at radius 1 is 1.20 bits per heavy atom. The van der Waals surface area contributed by atoms with Crippen LogP contribution in [0.4, 0.5) is 10.3 Å². The molecule has 0 unspecified atom stereocenters. The highest BCUT2D eigenvalue weighted by molar-refractivity contribution is 7.19. The Bertz CT molecular complexity index is 740. The van der Waals surface area contributed by atoms with Crippen LogP contribution in [0.25, 0.3) is 6.08 Å². The number of aromatic nitrogens is 2. The normalized spacial score (nSPS) is 15.4. The third-order valence-corrected chi connectivity index (χ3v) is 5.38. The molecule has 0 atom stereocenters. The number of halogens is 1. The molecule has 2 N–H and O–H groups in total. The van der Waals surface area contributed by atoms with Gasteiger partial charge in [0.25, 0.3) is 0 Å². The average Bonchev–Trinajstić information content (AvgIpc) is 3.07. The molecule has 5 nitrogen and oxygen atoms in total. The van der Waals surface area contributed by atoms with Crippen LogP contribution < -0.4 is 10.6 Å². The summed E-state index contributed by atoms with van der Waals surface area (Å²) in [5.74, 6) is 0.462. The maximum absolute atomic E-state index is 12.0. The molecule has 132 valence electrons. The Morgan fingerprint density at radius 2 is 1.96 bits per heavy atom. The Labute approximate surface area is 156 Å². The summed E-state index contributed by atoms with van der Waals surface area (Å²) in [6.45, 7) is 0.926. The molecule has 1 aromatic carbocycles. The van der Waals surface area contributed by atoms with Gasteiger partial charge in [-0.25, -0.2) is 0 Å². The molecular weight excluding hydrogens is 356 g/mol. The van der Waals surface area contributed by atoms with Gasteiger partial charge in [-0.15, -0.1) is 10.2 Å². The third-order valence-electron chi connectivity index (χ3n) is 4.24. The van der Waals surface area contributed by atoms with Gasteiger partial charge in [0, 0.05) is 17.6 Å². The van der Waals surface area contributed by atoms with Crippen LogP contribution in [0.3, 0.4) is 0 Å². The SMILES string of the molecule is O=C(C=Cc1ccccc1Cl)Nc1nnc(NCC2CCCCC2)s1. The van der Waals surface area contributed by atoms with Crippen molar-refractivity contribution in [1.82, 2.24) is 10.2 Å². The van der Waals surface area contributed by atoms with Crippen LogP contribution in [0.5, 0.6) is 0 Å². The van der Waals surface area contributed by atoms with Crippen LogP contribution in [0.2, 0.25) is 5.02 Å². The number of hydrogen-bond donors (Lipinski definition) is 2. The van der Waals surface area contributed by atoms with E-state index < -0.39 is 0 Å². The maximum Gasteiger partial charge on any atom is 0.250 e. The molecule has 1 aromatic heterocycles. The second-order valence-corrected chi connectivity index (χ2v) is 7.53. The molecule has 0 saturated heterocycles. The van der Waals surface area contributed by atoms with Gasteiger partial charge in [-0.1, -0.05) is 60.4 Å². The van der Waals surface area contributed by atoms with E-state index in [2.05, 4.69) is 20.8 Å². The summed E-state index contributed by atoms with van der Waals surface area (Å²) in [4.78, 5) is 12.0. The number of carbonyl (C=O) groups is 1. The van der Waals surface area contributed by atoms with Crippen LogP contribution in [0.1, 0.15) is 37.7 Å². The highest BCUT2D eigenvalue weighted by Gasteiger charge is 2.14. The highest BCUT2D eigenvalue weighted by atomic mass is 35.5. The Kier molecular flexibility index (Phi) is 6.42. The number of benzene rings is 1. The van der Waals surface area contributed by atoms with E-state index in [1.54, 1.807) is 12.1 Å². The highest BCUT2D eigenvalue weighted by Crippen LogP contribution is 2.25. The van der Waals surface area contributed by atoms with Crippen LogP contribution in [-0.2, 0) is 4.79 Å². The van der Waals surface area contributed by atoms with E-state index in [1.165, 1.54) is 49.5 Å². The van der Waals surface area contributed by atoms with Gasteiger partial charge < -0.3 is 5.32 Å². The summed E-state index contributed by atoms with van der Waals surface area (Å²) in [7, 11) is 0. The van der Waals surface area contributed by atoms with Crippen molar-refractivity contribution in [3.8, 4) is 0 Å². The zero-order valence-corrected chi connectivity index (χ0v) is 15.4. The lowest BCUT2D eigenvalue weighted by atomic mass is 9.89. The van der Waals surface area contributed by atoms with Gasteiger partial charge in [0.05, 0.1) is 0 Å². The van der Waals surface area contributed by atoms with E-state index in [9.17, 15) is 4.79 Å². The van der Waals surface area contributed by atoms with E-state index in [4.69, 9.17) is 11.6 Å². The molecule has 1 aliphatic rings. The van der Waals surface area contributed by atoms with E-state index in [0.717, 1.165) is 17.2 Å². The molecule has 2 aromatic rings. The largest absolute Gasteiger partial charge is 0.360 e. The van der Waals surface area contributed by atoms with Crippen molar-refractivity contribution in [3.05, 3.63) is 40.9 Å². The van der Waals surface area contributed by atoms with Crippen molar-refractivity contribution in [3.63, 3.8) is 0 Å². The number of carbonyl (C=O) groups excluding carboxylic acids is 1. The second-order valence-electron chi connectivity index (χ2n) is 6.14. The van der Waals surface area contributed by atoms with Gasteiger partial charge in [-0.05, 0) is 36.5 Å². The van der Waals surface area contributed by atoms with Crippen molar-refractivity contribution < 1.29 is 4.79 Å². The standard InChI is InChI=1S/C18H21ClN4OS/c19-15-9-5-4-8-14(15)10-11-16(24)21-18-23-22-17(25-18)20-12-13-6-2-1-3-7-13/h4-5,8-11,13H,1-3,6-7,12H2,(H,20,22)(H,21,23,24). The Morgan fingerprint density at radius 3 is 2.76 bits per heavy atom. The quantitative estimate of drug-likeness (QED) is 0.708. The second kappa shape index (κ2) is 8.97. The summed E-state index contributed by atoms with van der Waals surface area (Å²) >= 11 is 7.41. The summed E-state index contributed by atoms with van der Waals surface area (Å²) in [5, 5.41) is 16.0. The lowest BCUT2D eigenvalue weighted by Crippen LogP contribution is -2.16. The average molecular weight is 377 g/mol. The zero-order chi connectivity index (χ0) is 17.5. The fourth-order valence-corrected chi connectivity index (χ4v) is 3.74. The molecule has 0 aliphatic heterocycles. The summed E-state index contributed by atoms with van der Waals surface area (Å²) in [6, 6.07) is 7.36.